The highest BCUT2D eigenvalue weighted by atomic mass is 79.9. The molecule has 2 rings (SSSR count). The zero-order valence-electron chi connectivity index (χ0n) is 9.58. The average Bonchev–Trinajstić information content (AvgIpc) is 2.31. The fourth-order valence-corrected chi connectivity index (χ4v) is 3.42. The molecule has 1 unspecified atom stereocenters. The van der Waals surface area contributed by atoms with E-state index < -0.39 is 0 Å². The zero-order valence-corrected chi connectivity index (χ0v) is 12.0. The summed E-state index contributed by atoms with van der Waals surface area (Å²) in [4.78, 5) is 0. The van der Waals surface area contributed by atoms with E-state index in [1.165, 1.54) is 29.9 Å². The molecule has 0 bridgehead atoms. The summed E-state index contributed by atoms with van der Waals surface area (Å²) in [5.74, 6) is 2.60. The van der Waals surface area contributed by atoms with Crippen molar-refractivity contribution in [2.24, 2.45) is 0 Å². The van der Waals surface area contributed by atoms with Gasteiger partial charge in [0.2, 0.25) is 0 Å². The van der Waals surface area contributed by atoms with Crippen LogP contribution in [0, 0.1) is 0 Å². The molecular formula is C13H18BrNS. The fraction of sp³-hybridized carbons (Fsp3) is 0.538. The van der Waals surface area contributed by atoms with Crippen LogP contribution in [0.25, 0.3) is 0 Å². The lowest BCUT2D eigenvalue weighted by Crippen LogP contribution is -2.35. The second-order valence-electron chi connectivity index (χ2n) is 4.35. The number of hydrogen-bond acceptors (Lipinski definition) is 2. The molecule has 1 N–H and O–H groups in total. The molecular weight excluding hydrogens is 282 g/mol. The van der Waals surface area contributed by atoms with E-state index in [1.54, 1.807) is 0 Å². The molecule has 3 heteroatoms. The third-order valence-electron chi connectivity index (χ3n) is 3.02. The molecule has 16 heavy (non-hydrogen) atoms. The van der Waals surface area contributed by atoms with Crippen molar-refractivity contribution in [1.29, 1.82) is 0 Å². The monoisotopic (exact) mass is 299 g/mol. The average molecular weight is 300 g/mol. The van der Waals surface area contributed by atoms with Crippen molar-refractivity contribution in [2.45, 2.75) is 31.8 Å². The fourth-order valence-electron chi connectivity index (χ4n) is 2.07. The molecule has 1 aromatic rings. The number of halogens is 1. The van der Waals surface area contributed by atoms with E-state index in [9.17, 15) is 0 Å². The van der Waals surface area contributed by atoms with Crippen LogP contribution in [0.15, 0.2) is 28.7 Å². The van der Waals surface area contributed by atoms with E-state index in [-0.39, 0.29) is 0 Å². The van der Waals surface area contributed by atoms with Crippen LogP contribution >= 0.6 is 27.7 Å². The first-order chi connectivity index (χ1) is 7.75. The van der Waals surface area contributed by atoms with Crippen molar-refractivity contribution < 1.29 is 0 Å². The maximum Gasteiger partial charge on any atom is 0.0294 e. The molecule has 0 aliphatic carbocycles. The minimum Gasteiger partial charge on any atom is -0.307 e. The van der Waals surface area contributed by atoms with Crippen LogP contribution in [0.1, 0.15) is 31.4 Å². The summed E-state index contributed by atoms with van der Waals surface area (Å²) in [6.07, 6.45) is 2.68. The Balaban J connectivity index is 1.91. The maximum absolute atomic E-state index is 3.72. The number of rotatable bonds is 3. The van der Waals surface area contributed by atoms with E-state index in [4.69, 9.17) is 0 Å². The van der Waals surface area contributed by atoms with Gasteiger partial charge in [0.15, 0.2) is 0 Å². The normalized spacial score (nSPS) is 23.0. The highest BCUT2D eigenvalue weighted by molar-refractivity contribution is 9.10. The number of benzene rings is 1. The summed E-state index contributed by atoms with van der Waals surface area (Å²) in [5, 5.41) is 3.72. The second kappa shape index (κ2) is 6.08. The van der Waals surface area contributed by atoms with E-state index in [2.05, 4.69) is 64.2 Å². The van der Waals surface area contributed by atoms with Crippen LogP contribution in [0.2, 0.25) is 0 Å². The Kier molecular flexibility index (Phi) is 4.74. The van der Waals surface area contributed by atoms with Crippen molar-refractivity contribution in [1.82, 2.24) is 5.32 Å². The van der Waals surface area contributed by atoms with E-state index in [0.717, 1.165) is 4.47 Å². The van der Waals surface area contributed by atoms with Gasteiger partial charge in [0.1, 0.15) is 0 Å². The number of hydrogen-bond donors (Lipinski definition) is 1. The first-order valence-electron chi connectivity index (χ1n) is 5.85. The van der Waals surface area contributed by atoms with Crippen LogP contribution in [0.5, 0.6) is 0 Å². The molecule has 1 nitrogen and oxygen atoms in total. The lowest BCUT2D eigenvalue weighted by molar-refractivity contribution is 0.453. The Morgan fingerprint density at radius 2 is 2.12 bits per heavy atom. The van der Waals surface area contributed by atoms with Gasteiger partial charge in [-0.15, -0.1) is 0 Å². The Labute approximate surface area is 111 Å². The van der Waals surface area contributed by atoms with Crippen molar-refractivity contribution in [3.05, 3.63) is 34.3 Å². The minimum absolute atomic E-state index is 0.455. The third-order valence-corrected chi connectivity index (χ3v) is 4.76. The highest BCUT2D eigenvalue weighted by Gasteiger charge is 2.16. The van der Waals surface area contributed by atoms with Crippen molar-refractivity contribution >= 4 is 27.7 Å². The molecule has 1 aromatic carbocycles. The first kappa shape index (κ1) is 12.5. The summed E-state index contributed by atoms with van der Waals surface area (Å²) in [6.45, 7) is 2.25. The van der Waals surface area contributed by atoms with Crippen LogP contribution in [0.4, 0.5) is 0 Å². The van der Waals surface area contributed by atoms with Crippen molar-refractivity contribution in [3.8, 4) is 0 Å². The molecule has 88 valence electrons. The highest BCUT2D eigenvalue weighted by Crippen LogP contribution is 2.21. The van der Waals surface area contributed by atoms with Crippen LogP contribution in [-0.4, -0.2) is 17.5 Å². The Bertz CT molecular complexity index is 319. The van der Waals surface area contributed by atoms with Crippen molar-refractivity contribution in [3.63, 3.8) is 0 Å². The number of thioether (sulfide) groups is 1. The predicted octanol–water partition coefficient (Wildman–Crippen LogP) is 4.00. The van der Waals surface area contributed by atoms with Gasteiger partial charge in [-0.2, -0.15) is 11.8 Å². The third kappa shape index (κ3) is 3.51. The first-order valence-corrected chi connectivity index (χ1v) is 7.80. The van der Waals surface area contributed by atoms with E-state index in [0.29, 0.717) is 12.1 Å². The van der Waals surface area contributed by atoms with Crippen molar-refractivity contribution in [2.75, 3.05) is 11.5 Å². The molecule has 0 spiro atoms. The number of nitrogens with one attached hydrogen (secondary N) is 1. The van der Waals surface area contributed by atoms with Gasteiger partial charge < -0.3 is 5.32 Å². The van der Waals surface area contributed by atoms with Gasteiger partial charge >= 0.3 is 0 Å². The molecule has 1 saturated heterocycles. The topological polar surface area (TPSA) is 12.0 Å². The van der Waals surface area contributed by atoms with Crippen LogP contribution < -0.4 is 5.32 Å². The molecule has 0 amide bonds. The summed E-state index contributed by atoms with van der Waals surface area (Å²) < 4.78 is 1.15. The van der Waals surface area contributed by atoms with Gasteiger partial charge in [0, 0.05) is 22.3 Å². The summed E-state index contributed by atoms with van der Waals surface area (Å²) in [6, 6.07) is 9.76. The molecule has 0 radical (unpaired) electrons. The Hall–Kier alpha value is 0.01000. The van der Waals surface area contributed by atoms with Crippen LogP contribution in [-0.2, 0) is 0 Å². The standard InChI is InChI=1S/C13H18BrNS/c1-10(11-4-6-12(14)7-5-11)15-13-3-2-8-16-9-13/h4-7,10,13,15H,2-3,8-9H2,1H3/t10-,13?/m0/s1. The smallest absolute Gasteiger partial charge is 0.0294 e. The molecule has 1 aliphatic heterocycles. The van der Waals surface area contributed by atoms with Gasteiger partial charge in [-0.05, 0) is 43.2 Å². The summed E-state index contributed by atoms with van der Waals surface area (Å²) >= 11 is 5.54. The minimum atomic E-state index is 0.455. The molecule has 1 fully saturated rings. The van der Waals surface area contributed by atoms with Gasteiger partial charge in [-0.1, -0.05) is 28.1 Å². The van der Waals surface area contributed by atoms with Crippen LogP contribution in [0.3, 0.4) is 0 Å². The lowest BCUT2D eigenvalue weighted by atomic mass is 10.1. The lowest BCUT2D eigenvalue weighted by Gasteiger charge is -2.26. The van der Waals surface area contributed by atoms with Gasteiger partial charge in [0.25, 0.3) is 0 Å². The van der Waals surface area contributed by atoms with E-state index in [1.807, 2.05) is 0 Å². The van der Waals surface area contributed by atoms with Gasteiger partial charge in [0.05, 0.1) is 0 Å². The molecule has 1 aliphatic rings. The molecule has 1 heterocycles. The quantitative estimate of drug-likeness (QED) is 0.905. The maximum atomic E-state index is 3.72. The SMILES string of the molecule is C[C@H](NC1CCCSC1)c1ccc(Br)cc1. The molecule has 2 atom stereocenters. The van der Waals surface area contributed by atoms with Gasteiger partial charge in [-0.3, -0.25) is 0 Å². The largest absolute Gasteiger partial charge is 0.307 e. The van der Waals surface area contributed by atoms with E-state index >= 15 is 0 Å². The Morgan fingerprint density at radius 3 is 2.75 bits per heavy atom. The Morgan fingerprint density at radius 1 is 1.38 bits per heavy atom. The van der Waals surface area contributed by atoms with Gasteiger partial charge in [-0.25, -0.2) is 0 Å². The molecule has 0 saturated carbocycles. The zero-order chi connectivity index (χ0) is 11.4. The summed E-state index contributed by atoms with van der Waals surface area (Å²) in [5.41, 5.74) is 1.37. The summed E-state index contributed by atoms with van der Waals surface area (Å²) in [7, 11) is 0. The second-order valence-corrected chi connectivity index (χ2v) is 6.42. The predicted molar refractivity (Wildman–Crippen MR) is 76.0 cm³/mol. The molecule has 0 aromatic heterocycles.